The van der Waals surface area contributed by atoms with E-state index in [1.165, 1.54) is 257 Å². The number of hydrogen-bond donors (Lipinski definition) is 4. The fraction of sp³-hybridized carbons (Fsp3) is 0.862. The molecule has 0 aromatic carbocycles. The van der Waals surface area contributed by atoms with Crippen molar-refractivity contribution in [1.82, 2.24) is 5.32 Å². The van der Waals surface area contributed by atoms with Gasteiger partial charge < -0.3 is 20.6 Å². The number of rotatable bonds is 58. The van der Waals surface area contributed by atoms with Crippen LogP contribution in [0.15, 0.2) is 48.6 Å². The first-order valence-corrected chi connectivity index (χ1v) is 31.4. The molecule has 0 aromatic heterocycles. The van der Waals surface area contributed by atoms with E-state index in [1.54, 1.807) is 0 Å². The predicted octanol–water partition coefficient (Wildman–Crippen LogP) is 20.0. The third-order valence-corrected chi connectivity index (χ3v) is 14.6. The van der Waals surface area contributed by atoms with Crippen molar-refractivity contribution < 1.29 is 20.1 Å². The van der Waals surface area contributed by atoms with Gasteiger partial charge in [0.15, 0.2) is 0 Å². The molecule has 0 bridgehead atoms. The zero-order valence-electron chi connectivity index (χ0n) is 47.2. The molecule has 4 N–H and O–H groups in total. The number of carbonyl (C=O) groups is 1. The summed E-state index contributed by atoms with van der Waals surface area (Å²) in [5.41, 5.74) is 0. The molecule has 0 heterocycles. The molecular weight excluding hydrogens is 859 g/mol. The normalized spacial score (nSPS) is 13.5. The van der Waals surface area contributed by atoms with Gasteiger partial charge in [-0.2, -0.15) is 0 Å². The van der Waals surface area contributed by atoms with Gasteiger partial charge in [0.25, 0.3) is 0 Å². The van der Waals surface area contributed by atoms with Crippen LogP contribution in [0.25, 0.3) is 0 Å². The minimum atomic E-state index is -1.17. The molecule has 412 valence electrons. The van der Waals surface area contributed by atoms with Crippen molar-refractivity contribution >= 4 is 5.91 Å². The fourth-order valence-electron chi connectivity index (χ4n) is 9.80. The molecule has 0 fully saturated rings. The number of unbranched alkanes of at least 4 members (excludes halogenated alkanes) is 42. The summed E-state index contributed by atoms with van der Waals surface area (Å²) in [5, 5.41) is 33.8. The number of amides is 1. The van der Waals surface area contributed by atoms with Gasteiger partial charge in [-0.25, -0.2) is 0 Å². The lowest BCUT2D eigenvalue weighted by Gasteiger charge is -2.26. The van der Waals surface area contributed by atoms with Crippen LogP contribution in [-0.2, 0) is 4.79 Å². The number of aliphatic hydroxyl groups is 3. The van der Waals surface area contributed by atoms with Crippen LogP contribution in [0.1, 0.15) is 335 Å². The highest BCUT2D eigenvalue weighted by Gasteiger charge is 2.26. The Morgan fingerprint density at radius 3 is 0.957 bits per heavy atom. The molecular formula is C65H123NO4. The van der Waals surface area contributed by atoms with E-state index < -0.39 is 18.2 Å². The lowest BCUT2D eigenvalue weighted by molar-refractivity contribution is -0.124. The molecule has 0 aliphatic heterocycles. The molecule has 0 saturated heterocycles. The van der Waals surface area contributed by atoms with Gasteiger partial charge in [0.05, 0.1) is 18.8 Å². The molecule has 5 heteroatoms. The monoisotopic (exact) mass is 982 g/mol. The van der Waals surface area contributed by atoms with Crippen molar-refractivity contribution in [3.8, 4) is 0 Å². The number of allylic oxidation sites excluding steroid dienone is 8. The van der Waals surface area contributed by atoms with E-state index >= 15 is 0 Å². The zero-order chi connectivity index (χ0) is 50.7. The van der Waals surface area contributed by atoms with Gasteiger partial charge in [-0.05, 0) is 83.5 Å². The van der Waals surface area contributed by atoms with Crippen molar-refractivity contribution in [3.05, 3.63) is 48.6 Å². The topological polar surface area (TPSA) is 89.8 Å². The minimum absolute atomic E-state index is 0.154. The smallest absolute Gasteiger partial charge is 0.220 e. The van der Waals surface area contributed by atoms with E-state index in [0.717, 1.165) is 51.4 Å². The van der Waals surface area contributed by atoms with Crippen LogP contribution >= 0.6 is 0 Å². The van der Waals surface area contributed by atoms with Crippen molar-refractivity contribution in [2.75, 3.05) is 6.61 Å². The van der Waals surface area contributed by atoms with Gasteiger partial charge in [-0.1, -0.05) is 294 Å². The summed E-state index contributed by atoms with van der Waals surface area (Å²) in [7, 11) is 0. The van der Waals surface area contributed by atoms with Crippen LogP contribution in [-0.4, -0.2) is 46.1 Å². The molecule has 1 amide bonds. The largest absolute Gasteiger partial charge is 0.394 e. The first-order chi connectivity index (χ1) is 34.6. The quantitative estimate of drug-likeness (QED) is 0.0361. The number of carbonyl (C=O) groups excluding carboxylic acids is 1. The molecule has 0 aromatic rings. The maximum atomic E-state index is 12.5. The van der Waals surface area contributed by atoms with Crippen molar-refractivity contribution in [3.63, 3.8) is 0 Å². The van der Waals surface area contributed by atoms with Crippen molar-refractivity contribution in [1.29, 1.82) is 0 Å². The zero-order valence-corrected chi connectivity index (χ0v) is 47.2. The first kappa shape index (κ1) is 68.3. The molecule has 70 heavy (non-hydrogen) atoms. The average molecular weight is 983 g/mol. The first-order valence-electron chi connectivity index (χ1n) is 31.4. The number of hydrogen-bond acceptors (Lipinski definition) is 4. The molecule has 3 atom stereocenters. The van der Waals surface area contributed by atoms with Gasteiger partial charge in [0.2, 0.25) is 5.91 Å². The second-order valence-electron chi connectivity index (χ2n) is 21.6. The Hall–Kier alpha value is -1.69. The van der Waals surface area contributed by atoms with Crippen molar-refractivity contribution in [2.24, 2.45) is 0 Å². The highest BCUT2D eigenvalue weighted by molar-refractivity contribution is 5.76. The Balaban J connectivity index is 3.53. The van der Waals surface area contributed by atoms with Gasteiger partial charge in [-0.15, -0.1) is 0 Å². The van der Waals surface area contributed by atoms with Crippen LogP contribution in [0.5, 0.6) is 0 Å². The predicted molar refractivity (Wildman–Crippen MR) is 310 cm³/mol. The molecule has 0 saturated carbocycles. The summed E-state index contributed by atoms with van der Waals surface area (Å²) >= 11 is 0. The lowest BCUT2D eigenvalue weighted by atomic mass is 10.0. The molecule has 0 rings (SSSR count). The SMILES string of the molecule is CCCCCCCCCCCCC/C=C\C/C=C\CCCCCCCCCCCCCCCCCCCC(=O)NC(CO)C(O)C(O)CCC/C=C/CC/C=C/CCCCCCCCCCCCCC. The Morgan fingerprint density at radius 2 is 0.629 bits per heavy atom. The summed E-state index contributed by atoms with van der Waals surface area (Å²) in [4.78, 5) is 12.5. The standard InChI is InChI=1S/C65H123NO4/c1-3-5-7-9-11-13-15-17-19-21-23-25-26-27-28-29-30-31-32-33-34-35-36-37-38-40-42-44-46-48-50-52-54-56-58-60-64(69)66-62(61-67)65(70)63(68)59-57-55-53-51-49-47-45-43-41-39-24-22-20-18-16-14-12-10-8-6-4-2/h26-27,29-30,43,45,51,53,62-63,65,67-68,70H,3-25,28,31-42,44,46-50,52,54-61H2,1-2H3,(H,66,69)/b27-26-,30-29-,45-43+,53-51+. The third kappa shape index (κ3) is 54.1. The van der Waals surface area contributed by atoms with Crippen LogP contribution in [0, 0.1) is 0 Å². The van der Waals surface area contributed by atoms with Crippen LogP contribution in [0.3, 0.4) is 0 Å². The highest BCUT2D eigenvalue weighted by Crippen LogP contribution is 2.17. The fourth-order valence-corrected chi connectivity index (χ4v) is 9.80. The molecule has 0 spiro atoms. The molecule has 3 unspecified atom stereocenters. The van der Waals surface area contributed by atoms with E-state index in [1.807, 2.05) is 0 Å². The summed E-state index contributed by atoms with van der Waals surface area (Å²) in [5.74, 6) is -0.154. The average Bonchev–Trinajstić information content (AvgIpc) is 3.36. The summed E-state index contributed by atoms with van der Waals surface area (Å²) in [6, 6.07) is -0.834. The van der Waals surface area contributed by atoms with Gasteiger partial charge in [0.1, 0.15) is 6.10 Å². The van der Waals surface area contributed by atoms with Gasteiger partial charge >= 0.3 is 0 Å². The maximum absolute atomic E-state index is 12.5. The summed E-state index contributed by atoms with van der Waals surface area (Å²) < 4.78 is 0. The summed E-state index contributed by atoms with van der Waals surface area (Å²) in [6.07, 6.45) is 80.1. The van der Waals surface area contributed by atoms with Crippen LogP contribution < -0.4 is 5.32 Å². The Bertz CT molecular complexity index is 1130. The molecule has 0 radical (unpaired) electrons. The molecule has 5 nitrogen and oxygen atoms in total. The van der Waals surface area contributed by atoms with E-state index in [0.29, 0.717) is 12.8 Å². The maximum Gasteiger partial charge on any atom is 0.220 e. The minimum Gasteiger partial charge on any atom is -0.394 e. The van der Waals surface area contributed by atoms with Crippen LogP contribution in [0.2, 0.25) is 0 Å². The Morgan fingerprint density at radius 1 is 0.357 bits per heavy atom. The van der Waals surface area contributed by atoms with Crippen molar-refractivity contribution in [2.45, 2.75) is 353 Å². The van der Waals surface area contributed by atoms with E-state index in [-0.39, 0.29) is 12.5 Å². The van der Waals surface area contributed by atoms with Gasteiger partial charge in [-0.3, -0.25) is 4.79 Å². The molecule has 0 aliphatic rings. The second-order valence-corrected chi connectivity index (χ2v) is 21.6. The third-order valence-electron chi connectivity index (χ3n) is 14.6. The molecule has 0 aliphatic carbocycles. The Kier molecular flexibility index (Phi) is 58.4. The van der Waals surface area contributed by atoms with E-state index in [2.05, 4.69) is 67.8 Å². The van der Waals surface area contributed by atoms with E-state index in [4.69, 9.17) is 0 Å². The highest BCUT2D eigenvalue weighted by atomic mass is 16.3. The Labute approximate surface area is 437 Å². The number of nitrogens with one attached hydrogen (secondary N) is 1. The lowest BCUT2D eigenvalue weighted by Crippen LogP contribution is -2.50. The van der Waals surface area contributed by atoms with E-state index in [9.17, 15) is 20.1 Å². The summed E-state index contributed by atoms with van der Waals surface area (Å²) in [6.45, 7) is 4.20. The number of aliphatic hydroxyl groups excluding tert-OH is 3. The van der Waals surface area contributed by atoms with Crippen LogP contribution in [0.4, 0.5) is 0 Å². The van der Waals surface area contributed by atoms with Gasteiger partial charge in [0, 0.05) is 6.42 Å². The second kappa shape index (κ2) is 59.9.